The zero-order chi connectivity index (χ0) is 16.8. The molecule has 1 saturated heterocycles. The molecule has 0 radical (unpaired) electrons. The number of piperazine rings is 1. The average Bonchev–Trinajstić information content (AvgIpc) is 2.64. The summed E-state index contributed by atoms with van der Waals surface area (Å²) in [5, 5.41) is 2.87. The molecule has 0 bridgehead atoms. The highest BCUT2D eigenvalue weighted by atomic mass is 16.2. The molecular formula is C20H23N3O. The molecule has 4 nitrogen and oxygen atoms in total. The van der Waals surface area contributed by atoms with E-state index in [0.717, 1.165) is 31.7 Å². The monoisotopic (exact) mass is 321 g/mol. The van der Waals surface area contributed by atoms with Crippen LogP contribution in [-0.2, 0) is 0 Å². The maximum atomic E-state index is 12.3. The minimum absolute atomic E-state index is 0.0347. The standard InChI is InChI=1S/C20H23N3O/c1-17-7-5-6-8-18(17)11-12-21-20(24)23-15-13-22(14-16-23)19-9-3-2-4-10-19/h2-12H,13-16H2,1H3,(H,21,24)/b12-11+. The predicted octanol–water partition coefficient (Wildman–Crippen LogP) is 3.50. The molecule has 3 rings (SSSR count). The summed E-state index contributed by atoms with van der Waals surface area (Å²) in [5.41, 5.74) is 3.53. The van der Waals surface area contributed by atoms with Gasteiger partial charge in [-0.25, -0.2) is 4.79 Å². The van der Waals surface area contributed by atoms with Crippen LogP contribution in [0.5, 0.6) is 0 Å². The van der Waals surface area contributed by atoms with Gasteiger partial charge in [0.2, 0.25) is 0 Å². The van der Waals surface area contributed by atoms with Gasteiger partial charge in [0, 0.05) is 38.1 Å². The number of anilines is 1. The molecule has 1 N–H and O–H groups in total. The number of amides is 2. The van der Waals surface area contributed by atoms with Crippen molar-refractivity contribution < 1.29 is 4.79 Å². The van der Waals surface area contributed by atoms with Crippen LogP contribution < -0.4 is 10.2 Å². The minimum Gasteiger partial charge on any atom is -0.368 e. The lowest BCUT2D eigenvalue weighted by molar-refractivity contribution is 0.198. The number of rotatable bonds is 3. The predicted molar refractivity (Wildman–Crippen MR) is 99.0 cm³/mol. The molecule has 1 heterocycles. The Morgan fingerprint density at radius 2 is 1.62 bits per heavy atom. The normalized spacial score (nSPS) is 14.9. The summed E-state index contributed by atoms with van der Waals surface area (Å²) in [5.74, 6) is 0. The van der Waals surface area contributed by atoms with E-state index in [-0.39, 0.29) is 6.03 Å². The van der Waals surface area contributed by atoms with Crippen LogP contribution in [-0.4, -0.2) is 37.1 Å². The van der Waals surface area contributed by atoms with Crippen LogP contribution in [0.15, 0.2) is 60.8 Å². The first-order valence-electron chi connectivity index (χ1n) is 8.31. The Bertz CT molecular complexity index is 704. The zero-order valence-electron chi connectivity index (χ0n) is 14.0. The topological polar surface area (TPSA) is 35.6 Å². The Balaban J connectivity index is 1.50. The molecule has 2 aromatic rings. The largest absolute Gasteiger partial charge is 0.368 e. The maximum Gasteiger partial charge on any atom is 0.321 e. The maximum absolute atomic E-state index is 12.3. The van der Waals surface area contributed by atoms with Gasteiger partial charge in [0.05, 0.1) is 0 Å². The fraction of sp³-hybridized carbons (Fsp3) is 0.250. The third-order valence-electron chi connectivity index (χ3n) is 4.35. The number of nitrogens with one attached hydrogen (secondary N) is 1. The number of benzene rings is 2. The fourth-order valence-corrected chi connectivity index (χ4v) is 2.87. The number of nitrogens with zero attached hydrogens (tertiary/aromatic N) is 2. The molecule has 1 fully saturated rings. The second-order valence-electron chi connectivity index (χ2n) is 5.95. The number of carbonyl (C=O) groups is 1. The first-order chi connectivity index (χ1) is 11.7. The van der Waals surface area contributed by atoms with Gasteiger partial charge in [-0.3, -0.25) is 0 Å². The highest BCUT2D eigenvalue weighted by molar-refractivity contribution is 5.76. The van der Waals surface area contributed by atoms with E-state index in [1.54, 1.807) is 6.20 Å². The van der Waals surface area contributed by atoms with Crippen LogP contribution >= 0.6 is 0 Å². The van der Waals surface area contributed by atoms with Crippen LogP contribution in [0.3, 0.4) is 0 Å². The van der Waals surface area contributed by atoms with Gasteiger partial charge in [-0.2, -0.15) is 0 Å². The number of hydrogen-bond acceptors (Lipinski definition) is 2. The molecule has 24 heavy (non-hydrogen) atoms. The fourth-order valence-electron chi connectivity index (χ4n) is 2.87. The molecule has 0 aliphatic carbocycles. The Morgan fingerprint density at radius 3 is 2.33 bits per heavy atom. The lowest BCUT2D eigenvalue weighted by Gasteiger charge is -2.35. The molecule has 1 aliphatic rings. The van der Waals surface area contributed by atoms with Crippen molar-refractivity contribution in [1.29, 1.82) is 0 Å². The number of urea groups is 1. The van der Waals surface area contributed by atoms with Crippen molar-refractivity contribution in [2.45, 2.75) is 6.92 Å². The SMILES string of the molecule is Cc1ccccc1/C=C/NC(=O)N1CCN(c2ccccc2)CC1. The Morgan fingerprint density at radius 1 is 0.958 bits per heavy atom. The summed E-state index contributed by atoms with van der Waals surface area (Å²) in [7, 11) is 0. The van der Waals surface area contributed by atoms with Gasteiger partial charge in [-0.1, -0.05) is 42.5 Å². The third-order valence-corrected chi connectivity index (χ3v) is 4.35. The zero-order valence-corrected chi connectivity index (χ0v) is 14.0. The van der Waals surface area contributed by atoms with E-state index in [1.807, 2.05) is 47.4 Å². The molecule has 0 spiro atoms. The molecule has 2 aromatic carbocycles. The van der Waals surface area contributed by atoms with E-state index in [1.165, 1.54) is 11.3 Å². The Labute approximate surface area is 143 Å². The van der Waals surface area contributed by atoms with E-state index in [4.69, 9.17) is 0 Å². The van der Waals surface area contributed by atoms with Crippen LogP contribution in [0.2, 0.25) is 0 Å². The summed E-state index contributed by atoms with van der Waals surface area (Å²) in [6.07, 6.45) is 3.67. The summed E-state index contributed by atoms with van der Waals surface area (Å²) in [6, 6.07) is 18.4. The second-order valence-corrected chi connectivity index (χ2v) is 5.95. The van der Waals surface area contributed by atoms with E-state index in [2.05, 4.69) is 35.3 Å². The number of carbonyl (C=O) groups excluding carboxylic acids is 1. The molecule has 124 valence electrons. The van der Waals surface area contributed by atoms with Crippen molar-refractivity contribution in [2.24, 2.45) is 0 Å². The van der Waals surface area contributed by atoms with Gasteiger partial charge in [-0.05, 0) is 36.3 Å². The molecule has 0 saturated carbocycles. The van der Waals surface area contributed by atoms with Gasteiger partial charge >= 0.3 is 6.03 Å². The van der Waals surface area contributed by atoms with Crippen LogP contribution in [0.4, 0.5) is 10.5 Å². The van der Waals surface area contributed by atoms with Crippen molar-refractivity contribution in [3.05, 3.63) is 71.9 Å². The lowest BCUT2D eigenvalue weighted by Crippen LogP contribution is -2.51. The molecule has 1 aliphatic heterocycles. The summed E-state index contributed by atoms with van der Waals surface area (Å²) in [6.45, 7) is 5.25. The molecule has 2 amide bonds. The first-order valence-corrected chi connectivity index (χ1v) is 8.31. The highest BCUT2D eigenvalue weighted by Crippen LogP contribution is 2.15. The third kappa shape index (κ3) is 3.96. The second kappa shape index (κ2) is 7.68. The van der Waals surface area contributed by atoms with Crippen LogP contribution in [0.1, 0.15) is 11.1 Å². The molecule has 0 aromatic heterocycles. The van der Waals surface area contributed by atoms with Crippen molar-refractivity contribution in [3.63, 3.8) is 0 Å². The minimum atomic E-state index is -0.0347. The molecule has 0 atom stereocenters. The van der Waals surface area contributed by atoms with Crippen LogP contribution in [0, 0.1) is 6.92 Å². The lowest BCUT2D eigenvalue weighted by atomic mass is 10.1. The molecule has 4 heteroatoms. The average molecular weight is 321 g/mol. The van der Waals surface area contributed by atoms with Gasteiger partial charge < -0.3 is 15.1 Å². The van der Waals surface area contributed by atoms with Crippen molar-refractivity contribution >= 4 is 17.8 Å². The highest BCUT2D eigenvalue weighted by Gasteiger charge is 2.20. The number of aryl methyl sites for hydroxylation is 1. The van der Waals surface area contributed by atoms with E-state index in [9.17, 15) is 4.79 Å². The van der Waals surface area contributed by atoms with Crippen molar-refractivity contribution in [3.8, 4) is 0 Å². The Kier molecular flexibility index (Phi) is 5.16. The van der Waals surface area contributed by atoms with Gasteiger partial charge in [0.1, 0.15) is 0 Å². The quantitative estimate of drug-likeness (QED) is 0.939. The summed E-state index contributed by atoms with van der Waals surface area (Å²) >= 11 is 0. The van der Waals surface area contributed by atoms with E-state index >= 15 is 0 Å². The van der Waals surface area contributed by atoms with Crippen LogP contribution in [0.25, 0.3) is 6.08 Å². The van der Waals surface area contributed by atoms with Gasteiger partial charge in [0.25, 0.3) is 0 Å². The first kappa shape index (κ1) is 16.1. The van der Waals surface area contributed by atoms with E-state index < -0.39 is 0 Å². The van der Waals surface area contributed by atoms with Gasteiger partial charge in [0.15, 0.2) is 0 Å². The van der Waals surface area contributed by atoms with Gasteiger partial charge in [-0.15, -0.1) is 0 Å². The smallest absolute Gasteiger partial charge is 0.321 e. The summed E-state index contributed by atoms with van der Waals surface area (Å²) in [4.78, 5) is 16.4. The van der Waals surface area contributed by atoms with E-state index in [0.29, 0.717) is 0 Å². The molecular weight excluding hydrogens is 298 g/mol. The number of para-hydroxylation sites is 1. The van der Waals surface area contributed by atoms with Crippen molar-refractivity contribution in [1.82, 2.24) is 10.2 Å². The van der Waals surface area contributed by atoms with Crippen molar-refractivity contribution in [2.75, 3.05) is 31.1 Å². The summed E-state index contributed by atoms with van der Waals surface area (Å²) < 4.78 is 0. The molecule has 0 unspecified atom stereocenters. The Hall–Kier alpha value is -2.75. The number of hydrogen-bond donors (Lipinski definition) is 1.